The number of hydrogen-bond acceptors (Lipinski definition) is 2. The summed E-state index contributed by atoms with van der Waals surface area (Å²) in [4.78, 5) is 14.8. The largest absolute Gasteiger partial charge is 0.337 e. The van der Waals surface area contributed by atoms with Gasteiger partial charge in [-0.3, -0.25) is 9.48 Å². The molecular weight excluding hydrogens is 298 g/mol. The number of rotatable bonds is 3. The Bertz CT molecular complexity index is 721. The minimum Gasteiger partial charge on any atom is -0.337 e. The monoisotopic (exact) mass is 323 g/mol. The van der Waals surface area contributed by atoms with E-state index < -0.39 is 0 Å². The standard InChI is InChI=1S/C20H25N3O/c1-16-18(12-21-23(16)13-17-8-4-2-5-9-17)19(24)22-14-20(15-22)10-6-3-7-11-20/h2,4-5,8-9,12H,3,6-7,10-11,13-15H2,1H3. The number of benzene rings is 1. The summed E-state index contributed by atoms with van der Waals surface area (Å²) < 4.78 is 1.93. The second-order valence-electron chi connectivity index (χ2n) is 7.51. The Labute approximate surface area is 143 Å². The van der Waals surface area contributed by atoms with E-state index in [-0.39, 0.29) is 5.91 Å². The lowest BCUT2D eigenvalue weighted by Gasteiger charge is -2.52. The van der Waals surface area contributed by atoms with Crippen molar-refractivity contribution in [2.24, 2.45) is 5.41 Å². The van der Waals surface area contributed by atoms with Gasteiger partial charge in [0.25, 0.3) is 5.91 Å². The zero-order chi connectivity index (χ0) is 16.6. The predicted molar refractivity (Wildman–Crippen MR) is 93.9 cm³/mol. The second-order valence-corrected chi connectivity index (χ2v) is 7.51. The third-order valence-electron chi connectivity index (χ3n) is 5.76. The number of carbonyl (C=O) groups is 1. The lowest BCUT2D eigenvalue weighted by molar-refractivity contribution is -0.0155. The third kappa shape index (κ3) is 2.74. The molecule has 4 heteroatoms. The van der Waals surface area contributed by atoms with Crippen molar-refractivity contribution in [2.45, 2.75) is 45.6 Å². The van der Waals surface area contributed by atoms with Gasteiger partial charge in [-0.05, 0) is 25.3 Å². The van der Waals surface area contributed by atoms with Gasteiger partial charge in [0.05, 0.1) is 18.3 Å². The minimum absolute atomic E-state index is 0.156. The molecule has 2 aliphatic rings. The molecule has 2 fully saturated rings. The van der Waals surface area contributed by atoms with Crippen LogP contribution >= 0.6 is 0 Å². The summed E-state index contributed by atoms with van der Waals surface area (Å²) in [5, 5.41) is 4.45. The van der Waals surface area contributed by atoms with E-state index in [1.54, 1.807) is 6.20 Å². The molecule has 1 aliphatic carbocycles. The molecule has 1 saturated heterocycles. The first-order chi connectivity index (χ1) is 11.7. The minimum atomic E-state index is 0.156. The lowest BCUT2D eigenvalue weighted by Crippen LogP contribution is -2.59. The van der Waals surface area contributed by atoms with Gasteiger partial charge in [-0.25, -0.2) is 0 Å². The molecule has 2 heterocycles. The molecule has 1 aliphatic heterocycles. The van der Waals surface area contributed by atoms with Gasteiger partial charge in [-0.1, -0.05) is 49.6 Å². The van der Waals surface area contributed by atoms with Crippen molar-refractivity contribution in [3.05, 3.63) is 53.3 Å². The van der Waals surface area contributed by atoms with Gasteiger partial charge in [0.1, 0.15) is 0 Å². The quantitative estimate of drug-likeness (QED) is 0.865. The molecule has 126 valence electrons. The molecule has 1 spiro atoms. The highest BCUT2D eigenvalue weighted by Crippen LogP contribution is 2.44. The van der Waals surface area contributed by atoms with E-state index >= 15 is 0 Å². The van der Waals surface area contributed by atoms with Crippen LogP contribution in [-0.4, -0.2) is 33.7 Å². The zero-order valence-electron chi connectivity index (χ0n) is 14.4. The van der Waals surface area contributed by atoms with E-state index in [4.69, 9.17) is 0 Å². The maximum Gasteiger partial charge on any atom is 0.257 e. The van der Waals surface area contributed by atoms with Crippen LogP contribution in [0.1, 0.15) is 53.7 Å². The number of hydrogen-bond donors (Lipinski definition) is 0. The topological polar surface area (TPSA) is 38.1 Å². The number of aromatic nitrogens is 2. The van der Waals surface area contributed by atoms with Gasteiger partial charge in [0.15, 0.2) is 0 Å². The van der Waals surface area contributed by atoms with E-state index in [1.807, 2.05) is 34.7 Å². The van der Waals surface area contributed by atoms with Gasteiger partial charge < -0.3 is 4.90 Å². The van der Waals surface area contributed by atoms with E-state index in [0.29, 0.717) is 12.0 Å². The van der Waals surface area contributed by atoms with E-state index in [9.17, 15) is 4.79 Å². The maximum atomic E-state index is 12.8. The third-order valence-corrected chi connectivity index (χ3v) is 5.76. The van der Waals surface area contributed by atoms with Gasteiger partial charge >= 0.3 is 0 Å². The van der Waals surface area contributed by atoms with Crippen LogP contribution in [-0.2, 0) is 6.54 Å². The summed E-state index contributed by atoms with van der Waals surface area (Å²) in [6.07, 6.45) is 8.35. The Morgan fingerprint density at radius 2 is 1.83 bits per heavy atom. The number of nitrogens with zero attached hydrogens (tertiary/aromatic N) is 3. The SMILES string of the molecule is Cc1c(C(=O)N2CC3(CCCCC3)C2)cnn1Cc1ccccc1. The van der Waals surface area contributed by atoms with Crippen molar-refractivity contribution < 1.29 is 4.79 Å². The smallest absolute Gasteiger partial charge is 0.257 e. The zero-order valence-corrected chi connectivity index (χ0v) is 14.4. The van der Waals surface area contributed by atoms with Crippen LogP contribution in [0.25, 0.3) is 0 Å². The lowest BCUT2D eigenvalue weighted by atomic mass is 9.68. The Morgan fingerprint density at radius 1 is 1.12 bits per heavy atom. The number of likely N-dealkylation sites (tertiary alicyclic amines) is 1. The fourth-order valence-corrected chi connectivity index (χ4v) is 4.27. The molecule has 2 aromatic rings. The van der Waals surface area contributed by atoms with Crippen molar-refractivity contribution in [1.82, 2.24) is 14.7 Å². The first kappa shape index (κ1) is 15.4. The van der Waals surface area contributed by atoms with E-state index in [2.05, 4.69) is 17.2 Å². The summed E-state index contributed by atoms with van der Waals surface area (Å²) >= 11 is 0. The van der Waals surface area contributed by atoms with Crippen molar-refractivity contribution in [3.8, 4) is 0 Å². The molecule has 1 aromatic heterocycles. The van der Waals surface area contributed by atoms with Crippen LogP contribution in [0.15, 0.2) is 36.5 Å². The highest BCUT2D eigenvalue weighted by atomic mass is 16.2. The molecule has 1 amide bonds. The van der Waals surface area contributed by atoms with Gasteiger partial charge in [-0.15, -0.1) is 0 Å². The molecule has 4 nitrogen and oxygen atoms in total. The molecule has 4 rings (SSSR count). The molecule has 0 atom stereocenters. The highest BCUT2D eigenvalue weighted by Gasteiger charge is 2.45. The average molecular weight is 323 g/mol. The molecule has 0 unspecified atom stereocenters. The maximum absolute atomic E-state index is 12.8. The van der Waals surface area contributed by atoms with Gasteiger partial charge in [0, 0.05) is 24.2 Å². The molecule has 1 saturated carbocycles. The van der Waals surface area contributed by atoms with Crippen LogP contribution in [0.2, 0.25) is 0 Å². The number of carbonyl (C=O) groups excluding carboxylic acids is 1. The Kier molecular flexibility index (Phi) is 3.91. The normalized spacial score (nSPS) is 19.3. The second kappa shape index (κ2) is 6.08. The van der Waals surface area contributed by atoms with Crippen LogP contribution in [0.5, 0.6) is 0 Å². The molecule has 0 bridgehead atoms. The van der Waals surface area contributed by atoms with Crippen molar-refractivity contribution in [2.75, 3.05) is 13.1 Å². The summed E-state index contributed by atoms with van der Waals surface area (Å²) in [6.45, 7) is 4.59. The first-order valence-electron chi connectivity index (χ1n) is 9.03. The van der Waals surface area contributed by atoms with Crippen molar-refractivity contribution in [3.63, 3.8) is 0 Å². The van der Waals surface area contributed by atoms with E-state index in [0.717, 1.165) is 24.3 Å². The number of amides is 1. The van der Waals surface area contributed by atoms with Crippen LogP contribution in [0, 0.1) is 12.3 Å². The van der Waals surface area contributed by atoms with Crippen LogP contribution < -0.4 is 0 Å². The average Bonchev–Trinajstić information content (AvgIpc) is 2.94. The Balaban J connectivity index is 1.44. The van der Waals surface area contributed by atoms with Crippen molar-refractivity contribution in [1.29, 1.82) is 0 Å². The Morgan fingerprint density at radius 3 is 2.54 bits per heavy atom. The predicted octanol–water partition coefficient (Wildman–Crippen LogP) is 3.65. The summed E-state index contributed by atoms with van der Waals surface area (Å²) in [5.41, 5.74) is 3.36. The summed E-state index contributed by atoms with van der Waals surface area (Å²) in [5.74, 6) is 0.156. The fourth-order valence-electron chi connectivity index (χ4n) is 4.27. The van der Waals surface area contributed by atoms with Gasteiger partial charge in [0.2, 0.25) is 0 Å². The molecule has 0 radical (unpaired) electrons. The molecule has 0 N–H and O–H groups in total. The fraction of sp³-hybridized carbons (Fsp3) is 0.500. The first-order valence-corrected chi connectivity index (χ1v) is 9.03. The molecule has 1 aromatic carbocycles. The Hall–Kier alpha value is -2.10. The van der Waals surface area contributed by atoms with Crippen molar-refractivity contribution >= 4 is 5.91 Å². The highest BCUT2D eigenvalue weighted by molar-refractivity contribution is 5.95. The van der Waals surface area contributed by atoms with E-state index in [1.165, 1.54) is 37.7 Å². The molecule has 24 heavy (non-hydrogen) atoms. The van der Waals surface area contributed by atoms with Gasteiger partial charge in [-0.2, -0.15) is 5.10 Å². The summed E-state index contributed by atoms with van der Waals surface area (Å²) in [6, 6.07) is 10.3. The molecular formula is C20H25N3O. The van der Waals surface area contributed by atoms with Crippen LogP contribution in [0.3, 0.4) is 0 Å². The summed E-state index contributed by atoms with van der Waals surface area (Å²) in [7, 11) is 0. The van der Waals surface area contributed by atoms with Crippen LogP contribution in [0.4, 0.5) is 0 Å².